The fourth-order valence-corrected chi connectivity index (χ4v) is 5.00. The molecule has 2 aliphatic heterocycles. The van der Waals surface area contributed by atoms with Gasteiger partial charge in [0.05, 0.1) is 5.01 Å². The standard InChI is InChI=1S/C18H22N4O3S/c1-9(2)4-13-21-11(7-26-13)18(24)22-6-10-5-12(22)14(10)16-15(17(23)19-3)20-8-25-16/h7-10,12,14H,4-6H2,1-3H3,(H,19,23). The quantitative estimate of drug-likeness (QED) is 0.868. The number of nitrogens with zero attached hydrogens (tertiary/aromatic N) is 3. The number of hydrogen-bond donors (Lipinski definition) is 1. The highest BCUT2D eigenvalue weighted by Gasteiger charge is 2.56. The van der Waals surface area contributed by atoms with Crippen molar-refractivity contribution in [3.63, 3.8) is 0 Å². The largest absolute Gasteiger partial charge is 0.447 e. The predicted octanol–water partition coefficient (Wildman–Crippen LogP) is 2.32. The Labute approximate surface area is 155 Å². The molecule has 0 spiro atoms. The Morgan fingerprint density at radius 2 is 2.27 bits per heavy atom. The molecule has 2 aromatic heterocycles. The van der Waals surface area contributed by atoms with Gasteiger partial charge in [0.1, 0.15) is 11.5 Å². The minimum Gasteiger partial charge on any atom is -0.447 e. The van der Waals surface area contributed by atoms with E-state index in [9.17, 15) is 9.59 Å². The van der Waals surface area contributed by atoms with Gasteiger partial charge < -0.3 is 14.6 Å². The van der Waals surface area contributed by atoms with E-state index in [0.29, 0.717) is 35.5 Å². The number of carbonyl (C=O) groups is 2. The van der Waals surface area contributed by atoms with E-state index in [1.54, 1.807) is 18.4 Å². The summed E-state index contributed by atoms with van der Waals surface area (Å²) in [6.07, 6.45) is 3.13. The molecule has 1 saturated carbocycles. The highest BCUT2D eigenvalue weighted by atomic mass is 32.1. The van der Waals surface area contributed by atoms with Crippen molar-refractivity contribution in [3.05, 3.63) is 33.9 Å². The van der Waals surface area contributed by atoms with Gasteiger partial charge >= 0.3 is 0 Å². The van der Waals surface area contributed by atoms with Crippen LogP contribution >= 0.6 is 11.3 Å². The highest BCUT2D eigenvalue weighted by molar-refractivity contribution is 7.09. The number of thiazole rings is 1. The van der Waals surface area contributed by atoms with Gasteiger partial charge in [0.15, 0.2) is 12.1 Å². The molecule has 1 aliphatic carbocycles. The van der Waals surface area contributed by atoms with Crippen molar-refractivity contribution in [3.8, 4) is 0 Å². The van der Waals surface area contributed by atoms with Crippen molar-refractivity contribution in [2.45, 2.75) is 38.6 Å². The number of nitrogens with one attached hydrogen (secondary N) is 1. The number of aromatic nitrogens is 2. The van der Waals surface area contributed by atoms with Gasteiger partial charge in [0.25, 0.3) is 11.8 Å². The Morgan fingerprint density at radius 1 is 1.46 bits per heavy atom. The lowest BCUT2D eigenvalue weighted by Gasteiger charge is -2.34. The molecule has 8 heteroatoms. The molecule has 2 aromatic rings. The van der Waals surface area contributed by atoms with Crippen molar-refractivity contribution in [2.75, 3.05) is 13.6 Å². The number of fused-ring (bicyclic) bond motifs is 1. The summed E-state index contributed by atoms with van der Waals surface area (Å²) in [5.41, 5.74) is 0.857. The van der Waals surface area contributed by atoms with Gasteiger partial charge in [-0.25, -0.2) is 9.97 Å². The van der Waals surface area contributed by atoms with Crippen LogP contribution in [-0.2, 0) is 6.42 Å². The molecule has 26 heavy (non-hydrogen) atoms. The van der Waals surface area contributed by atoms with Crippen LogP contribution in [0.2, 0.25) is 0 Å². The van der Waals surface area contributed by atoms with Crippen LogP contribution in [0.1, 0.15) is 57.9 Å². The SMILES string of the molecule is CNC(=O)c1ncoc1C1C2CC1N(C(=O)c1csc(CC(C)C)n1)C2. The molecular formula is C18H22N4O3S. The lowest BCUT2D eigenvalue weighted by atomic mass is 9.72. The Kier molecular flexibility index (Phi) is 4.30. The second-order valence-corrected chi connectivity index (χ2v) is 8.36. The maximum Gasteiger partial charge on any atom is 0.273 e. The molecule has 0 aromatic carbocycles. The van der Waals surface area contributed by atoms with Gasteiger partial charge in [-0.2, -0.15) is 0 Å². The van der Waals surface area contributed by atoms with Gasteiger partial charge in [0, 0.05) is 37.4 Å². The third-order valence-electron chi connectivity index (χ3n) is 5.25. The van der Waals surface area contributed by atoms with E-state index < -0.39 is 0 Å². The van der Waals surface area contributed by atoms with Gasteiger partial charge in [-0.05, 0) is 18.3 Å². The molecule has 3 atom stereocenters. The van der Waals surface area contributed by atoms with Gasteiger partial charge in [-0.1, -0.05) is 13.8 Å². The summed E-state index contributed by atoms with van der Waals surface area (Å²) in [5, 5.41) is 5.45. The second-order valence-electron chi connectivity index (χ2n) is 7.42. The van der Waals surface area contributed by atoms with Crippen LogP contribution in [0.15, 0.2) is 16.2 Å². The molecule has 3 aliphatic rings. The average molecular weight is 374 g/mol. The van der Waals surface area contributed by atoms with Crippen LogP contribution in [0.4, 0.5) is 0 Å². The fraction of sp³-hybridized carbons (Fsp3) is 0.556. The molecule has 4 heterocycles. The third-order valence-corrected chi connectivity index (χ3v) is 6.12. The predicted molar refractivity (Wildman–Crippen MR) is 96.2 cm³/mol. The topological polar surface area (TPSA) is 88.3 Å². The minimum absolute atomic E-state index is 0.0211. The summed E-state index contributed by atoms with van der Waals surface area (Å²) >= 11 is 1.55. The first-order chi connectivity index (χ1) is 12.5. The summed E-state index contributed by atoms with van der Waals surface area (Å²) in [5.74, 6) is 1.20. The maximum absolute atomic E-state index is 12.9. The van der Waals surface area contributed by atoms with Crippen molar-refractivity contribution in [1.29, 1.82) is 0 Å². The molecule has 3 fully saturated rings. The molecule has 138 valence electrons. The monoisotopic (exact) mass is 374 g/mol. The first-order valence-electron chi connectivity index (χ1n) is 8.90. The van der Waals surface area contributed by atoms with Crippen molar-refractivity contribution >= 4 is 23.2 Å². The molecule has 2 bridgehead atoms. The molecule has 2 saturated heterocycles. The summed E-state index contributed by atoms with van der Waals surface area (Å²) in [6, 6.07) is 0.0547. The maximum atomic E-state index is 12.9. The lowest BCUT2D eigenvalue weighted by molar-refractivity contribution is 0.0724. The highest BCUT2D eigenvalue weighted by Crippen LogP contribution is 2.53. The van der Waals surface area contributed by atoms with Crippen LogP contribution < -0.4 is 5.32 Å². The summed E-state index contributed by atoms with van der Waals surface area (Å²) in [6.45, 7) is 4.97. The lowest BCUT2D eigenvalue weighted by Crippen LogP contribution is -2.40. The number of carbonyl (C=O) groups excluding carboxylic acids is 2. The van der Waals surface area contributed by atoms with Crippen LogP contribution in [0.25, 0.3) is 0 Å². The Morgan fingerprint density at radius 3 is 3.00 bits per heavy atom. The molecule has 1 N–H and O–H groups in total. The smallest absolute Gasteiger partial charge is 0.273 e. The van der Waals surface area contributed by atoms with Gasteiger partial charge in [0.2, 0.25) is 0 Å². The molecular weight excluding hydrogens is 352 g/mol. The number of rotatable bonds is 5. The Bertz CT molecular complexity index is 843. The average Bonchev–Trinajstić information content (AvgIpc) is 3.35. The van der Waals surface area contributed by atoms with Crippen molar-refractivity contribution < 1.29 is 14.0 Å². The van der Waals surface area contributed by atoms with Crippen molar-refractivity contribution in [1.82, 2.24) is 20.2 Å². The van der Waals surface area contributed by atoms with E-state index in [2.05, 4.69) is 29.1 Å². The zero-order chi connectivity index (χ0) is 18.4. The molecule has 5 rings (SSSR count). The fourth-order valence-electron chi connectivity index (χ4n) is 4.02. The minimum atomic E-state index is -0.254. The summed E-state index contributed by atoms with van der Waals surface area (Å²) in [7, 11) is 1.57. The Hall–Kier alpha value is -2.22. The van der Waals surface area contributed by atoms with Crippen molar-refractivity contribution in [2.24, 2.45) is 11.8 Å². The normalized spacial score (nSPS) is 24.0. The number of oxazole rings is 1. The Balaban J connectivity index is 1.51. The van der Waals surface area contributed by atoms with E-state index in [1.807, 2.05) is 10.3 Å². The summed E-state index contributed by atoms with van der Waals surface area (Å²) in [4.78, 5) is 35.4. The van der Waals surface area contributed by atoms with Gasteiger partial charge in [-0.3, -0.25) is 9.59 Å². The number of amides is 2. The first kappa shape index (κ1) is 17.2. The van der Waals surface area contributed by atoms with E-state index in [-0.39, 0.29) is 23.8 Å². The number of hydrogen-bond acceptors (Lipinski definition) is 6. The second kappa shape index (κ2) is 6.50. The van der Waals surface area contributed by atoms with Crippen LogP contribution in [0, 0.1) is 11.8 Å². The van der Waals surface area contributed by atoms with Crippen LogP contribution in [0.5, 0.6) is 0 Å². The zero-order valence-electron chi connectivity index (χ0n) is 15.1. The molecule has 3 unspecified atom stereocenters. The summed E-state index contributed by atoms with van der Waals surface area (Å²) < 4.78 is 5.53. The van der Waals surface area contributed by atoms with E-state index in [0.717, 1.165) is 17.8 Å². The molecule has 0 radical (unpaired) electrons. The van der Waals surface area contributed by atoms with Gasteiger partial charge in [-0.15, -0.1) is 11.3 Å². The zero-order valence-corrected chi connectivity index (χ0v) is 15.9. The van der Waals surface area contributed by atoms with Crippen LogP contribution in [0.3, 0.4) is 0 Å². The van der Waals surface area contributed by atoms with E-state index >= 15 is 0 Å². The third kappa shape index (κ3) is 2.72. The van der Waals surface area contributed by atoms with Crippen LogP contribution in [-0.4, -0.2) is 46.3 Å². The first-order valence-corrected chi connectivity index (χ1v) is 9.78. The van der Waals surface area contributed by atoms with E-state index in [4.69, 9.17) is 4.42 Å². The van der Waals surface area contributed by atoms with E-state index in [1.165, 1.54) is 6.39 Å². The molecule has 2 amide bonds. The molecule has 7 nitrogen and oxygen atoms in total.